The van der Waals surface area contributed by atoms with Gasteiger partial charge in [-0.1, -0.05) is 24.6 Å². The van der Waals surface area contributed by atoms with Crippen molar-refractivity contribution in [2.75, 3.05) is 5.32 Å². The second kappa shape index (κ2) is 6.68. The number of amides is 1. The van der Waals surface area contributed by atoms with Crippen molar-refractivity contribution in [3.8, 4) is 0 Å². The molecule has 0 saturated heterocycles. The fourth-order valence-corrected chi connectivity index (χ4v) is 3.21. The molecule has 0 unspecified atom stereocenters. The second-order valence-corrected chi connectivity index (χ2v) is 6.72. The minimum atomic E-state index is -4.43. The van der Waals surface area contributed by atoms with Gasteiger partial charge in [0.1, 0.15) is 5.82 Å². The molecular weight excluding hydrogens is 357 g/mol. The van der Waals surface area contributed by atoms with Crippen LogP contribution in [0.2, 0.25) is 0 Å². The molecule has 1 aliphatic carbocycles. The van der Waals surface area contributed by atoms with Crippen LogP contribution in [-0.2, 0) is 17.4 Å². The molecule has 1 amide bonds. The van der Waals surface area contributed by atoms with Crippen LogP contribution in [0.15, 0.2) is 42.6 Å². The van der Waals surface area contributed by atoms with E-state index in [1.165, 1.54) is 18.6 Å². The van der Waals surface area contributed by atoms with Crippen LogP contribution in [-0.4, -0.2) is 20.5 Å². The molecule has 3 aromatic rings. The van der Waals surface area contributed by atoms with E-state index < -0.39 is 17.6 Å². The Labute approximate surface area is 153 Å². The Kier molecular flexibility index (Phi) is 4.33. The number of carbonyl (C=O) groups excluding carboxylic acids is 1. The molecule has 1 aliphatic rings. The molecule has 5 nitrogen and oxygen atoms in total. The van der Waals surface area contributed by atoms with Gasteiger partial charge in [-0.15, -0.1) is 10.2 Å². The van der Waals surface area contributed by atoms with E-state index in [2.05, 4.69) is 15.5 Å². The highest BCUT2D eigenvalue weighted by atomic mass is 19.4. The average molecular weight is 374 g/mol. The van der Waals surface area contributed by atoms with E-state index in [9.17, 15) is 18.0 Å². The lowest BCUT2D eigenvalue weighted by Crippen LogP contribution is -2.16. The highest BCUT2D eigenvalue weighted by Crippen LogP contribution is 2.36. The number of nitrogens with zero attached hydrogens (tertiary/aromatic N) is 3. The molecule has 1 N–H and O–H groups in total. The molecule has 2 aromatic heterocycles. The average Bonchev–Trinajstić information content (AvgIpc) is 2.98. The minimum absolute atomic E-state index is 0.158. The van der Waals surface area contributed by atoms with Gasteiger partial charge in [0.15, 0.2) is 5.65 Å². The number of benzene rings is 1. The van der Waals surface area contributed by atoms with E-state index in [1.54, 1.807) is 12.1 Å². The van der Waals surface area contributed by atoms with E-state index in [1.807, 2.05) is 10.6 Å². The predicted octanol–water partition coefficient (Wildman–Crippen LogP) is 4.20. The van der Waals surface area contributed by atoms with Crippen molar-refractivity contribution < 1.29 is 18.0 Å². The maximum absolute atomic E-state index is 12.8. The number of nitrogens with one attached hydrogen (secondary N) is 1. The van der Waals surface area contributed by atoms with Gasteiger partial charge in [-0.05, 0) is 36.6 Å². The zero-order valence-corrected chi connectivity index (χ0v) is 14.3. The summed E-state index contributed by atoms with van der Waals surface area (Å²) in [6.45, 7) is 0. The zero-order chi connectivity index (χ0) is 19.0. The van der Waals surface area contributed by atoms with Gasteiger partial charge in [-0.25, -0.2) is 0 Å². The van der Waals surface area contributed by atoms with Crippen LogP contribution in [0.5, 0.6) is 0 Å². The lowest BCUT2D eigenvalue weighted by molar-refractivity contribution is -0.137. The normalized spacial score (nSPS) is 14.9. The van der Waals surface area contributed by atoms with Crippen LogP contribution in [0.3, 0.4) is 0 Å². The molecule has 0 spiro atoms. The van der Waals surface area contributed by atoms with Gasteiger partial charge in [-0.2, -0.15) is 13.2 Å². The predicted molar refractivity (Wildman–Crippen MR) is 93.4 cm³/mol. The van der Waals surface area contributed by atoms with Crippen molar-refractivity contribution in [2.24, 2.45) is 0 Å². The number of hydrogen-bond donors (Lipinski definition) is 1. The van der Waals surface area contributed by atoms with E-state index >= 15 is 0 Å². The third-order valence-corrected chi connectivity index (χ3v) is 4.82. The Balaban J connectivity index is 1.52. The molecule has 0 atom stereocenters. The van der Waals surface area contributed by atoms with Crippen molar-refractivity contribution in [2.45, 2.75) is 37.8 Å². The number of aromatic nitrogens is 3. The van der Waals surface area contributed by atoms with Crippen LogP contribution in [0.1, 0.15) is 42.1 Å². The molecule has 1 aromatic carbocycles. The van der Waals surface area contributed by atoms with Gasteiger partial charge in [0, 0.05) is 12.1 Å². The highest BCUT2D eigenvalue weighted by Gasteiger charge is 2.30. The largest absolute Gasteiger partial charge is 0.416 e. The summed E-state index contributed by atoms with van der Waals surface area (Å²) in [5.41, 5.74) is 0.563. The number of rotatable bonds is 4. The first-order chi connectivity index (χ1) is 12.9. The fourth-order valence-electron chi connectivity index (χ4n) is 3.21. The lowest BCUT2D eigenvalue weighted by Gasteiger charge is -2.23. The minimum Gasteiger partial charge on any atom is -0.323 e. The SMILES string of the molecule is O=C(Cc1cccc(C(F)(F)F)c1)Nc1cccn2c(C3CCC3)nnc12. The lowest BCUT2D eigenvalue weighted by atomic mass is 9.85. The smallest absolute Gasteiger partial charge is 0.323 e. The van der Waals surface area contributed by atoms with Crippen molar-refractivity contribution in [1.29, 1.82) is 0 Å². The molecule has 0 aliphatic heterocycles. The van der Waals surface area contributed by atoms with Crippen molar-refractivity contribution in [1.82, 2.24) is 14.6 Å². The van der Waals surface area contributed by atoms with Crippen molar-refractivity contribution >= 4 is 17.2 Å². The van der Waals surface area contributed by atoms with E-state index in [0.717, 1.165) is 30.8 Å². The summed E-state index contributed by atoms with van der Waals surface area (Å²) < 4.78 is 40.3. The van der Waals surface area contributed by atoms with Gasteiger partial charge in [0.25, 0.3) is 0 Å². The molecule has 0 radical (unpaired) electrons. The van der Waals surface area contributed by atoms with E-state index in [4.69, 9.17) is 0 Å². The van der Waals surface area contributed by atoms with Crippen LogP contribution < -0.4 is 5.32 Å². The zero-order valence-electron chi connectivity index (χ0n) is 14.3. The van der Waals surface area contributed by atoms with Crippen LogP contribution in [0, 0.1) is 0 Å². The summed E-state index contributed by atoms with van der Waals surface area (Å²) in [7, 11) is 0. The van der Waals surface area contributed by atoms with Crippen molar-refractivity contribution in [3.05, 3.63) is 59.5 Å². The highest BCUT2D eigenvalue weighted by molar-refractivity contribution is 5.95. The molecule has 1 saturated carbocycles. The van der Waals surface area contributed by atoms with Gasteiger partial charge >= 0.3 is 6.18 Å². The quantitative estimate of drug-likeness (QED) is 0.745. The monoisotopic (exact) mass is 374 g/mol. The summed E-state index contributed by atoms with van der Waals surface area (Å²) in [6, 6.07) is 8.28. The summed E-state index contributed by atoms with van der Waals surface area (Å²) in [4.78, 5) is 12.3. The van der Waals surface area contributed by atoms with Crippen molar-refractivity contribution in [3.63, 3.8) is 0 Å². The number of anilines is 1. The van der Waals surface area contributed by atoms with Gasteiger partial charge in [0.2, 0.25) is 5.91 Å². The Morgan fingerprint density at radius 1 is 1.19 bits per heavy atom. The van der Waals surface area contributed by atoms with Gasteiger partial charge < -0.3 is 5.32 Å². The second-order valence-electron chi connectivity index (χ2n) is 6.72. The summed E-state index contributed by atoms with van der Waals surface area (Å²) in [6.07, 6.45) is 0.588. The standard InChI is InChI=1S/C19H17F3N4O/c20-19(21,22)14-7-1-4-12(10-14)11-16(27)23-15-8-3-9-26-17(13-5-2-6-13)24-25-18(15)26/h1,3-4,7-10,13H,2,5-6,11H2,(H,23,27). The molecule has 8 heteroatoms. The number of hydrogen-bond acceptors (Lipinski definition) is 3. The number of fused-ring (bicyclic) bond motifs is 1. The van der Waals surface area contributed by atoms with E-state index in [0.29, 0.717) is 22.8 Å². The third kappa shape index (κ3) is 3.51. The molecule has 2 heterocycles. The van der Waals surface area contributed by atoms with Crippen LogP contribution in [0.4, 0.5) is 18.9 Å². The molecule has 140 valence electrons. The Morgan fingerprint density at radius 2 is 2.00 bits per heavy atom. The molecular formula is C19H17F3N4O. The fraction of sp³-hybridized carbons (Fsp3) is 0.316. The first-order valence-corrected chi connectivity index (χ1v) is 8.71. The summed E-state index contributed by atoms with van der Waals surface area (Å²) >= 11 is 0. The summed E-state index contributed by atoms with van der Waals surface area (Å²) in [5, 5.41) is 11.2. The summed E-state index contributed by atoms with van der Waals surface area (Å²) in [5.74, 6) is 0.858. The molecule has 4 rings (SSSR count). The first kappa shape index (κ1) is 17.5. The Hall–Kier alpha value is -2.90. The Morgan fingerprint density at radius 3 is 2.70 bits per heavy atom. The number of alkyl halides is 3. The van der Waals surface area contributed by atoms with Crippen LogP contribution in [0.25, 0.3) is 5.65 Å². The third-order valence-electron chi connectivity index (χ3n) is 4.82. The van der Waals surface area contributed by atoms with E-state index in [-0.39, 0.29) is 6.42 Å². The first-order valence-electron chi connectivity index (χ1n) is 8.71. The molecule has 1 fully saturated rings. The number of carbonyl (C=O) groups is 1. The molecule has 0 bridgehead atoms. The Bertz CT molecular complexity index is 992. The maximum atomic E-state index is 12.8. The maximum Gasteiger partial charge on any atom is 0.416 e. The van der Waals surface area contributed by atoms with Gasteiger partial charge in [-0.3, -0.25) is 9.20 Å². The van der Waals surface area contributed by atoms with Crippen LogP contribution >= 0.6 is 0 Å². The number of pyridine rings is 1. The topological polar surface area (TPSA) is 59.3 Å². The molecule has 27 heavy (non-hydrogen) atoms. The van der Waals surface area contributed by atoms with Gasteiger partial charge in [0.05, 0.1) is 17.7 Å². The number of halogens is 3.